The van der Waals surface area contributed by atoms with Crippen molar-refractivity contribution < 1.29 is 0 Å². The summed E-state index contributed by atoms with van der Waals surface area (Å²) in [6.07, 6.45) is 7.59. The molecule has 1 aliphatic rings. The van der Waals surface area contributed by atoms with E-state index in [1.807, 2.05) is 0 Å². The molecule has 1 heterocycles. The van der Waals surface area contributed by atoms with Crippen molar-refractivity contribution in [3.63, 3.8) is 0 Å². The minimum absolute atomic E-state index is 0.122. The van der Waals surface area contributed by atoms with Crippen LogP contribution >= 0.6 is 0 Å². The third kappa shape index (κ3) is 2.22. The van der Waals surface area contributed by atoms with E-state index in [0.717, 1.165) is 0 Å². The molecule has 0 fully saturated rings. The highest BCUT2D eigenvalue weighted by Gasteiger charge is 2.22. The van der Waals surface area contributed by atoms with E-state index < -0.39 is 0 Å². The molecular formula is C18H23N. The second-order valence-electron chi connectivity index (χ2n) is 6.57. The number of fused-ring (bicyclic) bond motifs is 1. The number of hydrogen-bond donors (Lipinski definition) is 0. The van der Waals surface area contributed by atoms with Gasteiger partial charge in [-0.15, -0.1) is 0 Å². The second kappa shape index (κ2) is 4.56. The lowest BCUT2D eigenvalue weighted by molar-refractivity contribution is 0.407. The van der Waals surface area contributed by atoms with E-state index in [2.05, 4.69) is 61.7 Å². The number of benzene rings is 1. The molecule has 1 nitrogen and oxygen atoms in total. The van der Waals surface area contributed by atoms with Crippen molar-refractivity contribution >= 4 is 16.5 Å². The first-order valence-corrected chi connectivity index (χ1v) is 7.38. The number of allylic oxidation sites excluding steroid dienone is 2. The molecule has 1 aromatic carbocycles. The molecule has 1 aromatic heterocycles. The van der Waals surface area contributed by atoms with Gasteiger partial charge in [-0.1, -0.05) is 24.3 Å². The summed E-state index contributed by atoms with van der Waals surface area (Å²) in [6, 6.07) is 11.1. The predicted molar refractivity (Wildman–Crippen MR) is 83.4 cm³/mol. The Morgan fingerprint density at radius 3 is 2.53 bits per heavy atom. The van der Waals surface area contributed by atoms with E-state index in [-0.39, 0.29) is 5.54 Å². The zero-order valence-electron chi connectivity index (χ0n) is 12.2. The molecule has 0 saturated carbocycles. The first-order valence-electron chi connectivity index (χ1n) is 7.38. The van der Waals surface area contributed by atoms with Crippen LogP contribution in [0.5, 0.6) is 0 Å². The quantitative estimate of drug-likeness (QED) is 0.645. The Kier molecular flexibility index (Phi) is 3.00. The number of nitrogens with zero attached hydrogens (tertiary/aromatic N) is 1. The molecule has 0 radical (unpaired) electrons. The zero-order valence-corrected chi connectivity index (χ0v) is 12.2. The predicted octanol–water partition coefficient (Wildman–Crippen LogP) is 5.35. The Bertz CT molecular complexity index is 623. The molecule has 0 aliphatic heterocycles. The highest BCUT2D eigenvalue weighted by molar-refractivity contribution is 5.86. The Balaban J connectivity index is 2.26. The molecular weight excluding hydrogens is 230 g/mol. The van der Waals surface area contributed by atoms with Gasteiger partial charge in [0.05, 0.1) is 0 Å². The minimum atomic E-state index is 0.122. The van der Waals surface area contributed by atoms with Gasteiger partial charge in [0, 0.05) is 22.1 Å². The van der Waals surface area contributed by atoms with Gasteiger partial charge in [0.1, 0.15) is 0 Å². The summed E-state index contributed by atoms with van der Waals surface area (Å²) >= 11 is 0. The minimum Gasteiger partial charge on any atom is -0.335 e. The van der Waals surface area contributed by atoms with E-state index >= 15 is 0 Å². The molecule has 0 atom stereocenters. The molecule has 0 bridgehead atoms. The Hall–Kier alpha value is -1.50. The fourth-order valence-electron chi connectivity index (χ4n) is 3.18. The number of hydrogen-bond acceptors (Lipinski definition) is 0. The first kappa shape index (κ1) is 12.5. The van der Waals surface area contributed by atoms with Crippen LogP contribution in [0.1, 0.15) is 52.1 Å². The number of para-hydroxylation sites is 1. The summed E-state index contributed by atoms with van der Waals surface area (Å²) in [7, 11) is 0. The first-order chi connectivity index (χ1) is 9.07. The van der Waals surface area contributed by atoms with E-state index in [1.165, 1.54) is 47.9 Å². The maximum atomic E-state index is 2.51. The van der Waals surface area contributed by atoms with Crippen molar-refractivity contribution in [2.24, 2.45) is 0 Å². The van der Waals surface area contributed by atoms with E-state index in [0.29, 0.717) is 0 Å². The summed E-state index contributed by atoms with van der Waals surface area (Å²) in [5, 5.41) is 1.36. The molecule has 2 aromatic rings. The summed E-state index contributed by atoms with van der Waals surface area (Å²) in [6.45, 7) is 6.89. The molecule has 0 amide bonds. The smallest absolute Gasteiger partial charge is 0.0490 e. The van der Waals surface area contributed by atoms with Crippen LogP contribution in [0, 0.1) is 0 Å². The van der Waals surface area contributed by atoms with Crippen molar-refractivity contribution in [2.75, 3.05) is 0 Å². The monoisotopic (exact) mass is 253 g/mol. The molecule has 0 spiro atoms. The third-order valence-corrected chi connectivity index (χ3v) is 4.00. The Morgan fingerprint density at radius 2 is 1.84 bits per heavy atom. The maximum absolute atomic E-state index is 2.51. The SMILES string of the molecule is CC(C)(C)n1c(C2=CCCCC2)cc2ccccc21. The van der Waals surface area contributed by atoms with Gasteiger partial charge >= 0.3 is 0 Å². The Labute approximate surface area is 115 Å². The van der Waals surface area contributed by atoms with Crippen LogP contribution in [0.3, 0.4) is 0 Å². The normalized spacial score (nSPS) is 16.7. The lowest BCUT2D eigenvalue weighted by Gasteiger charge is -2.27. The van der Waals surface area contributed by atoms with Crippen LogP contribution in [0.25, 0.3) is 16.5 Å². The van der Waals surface area contributed by atoms with Gasteiger partial charge in [-0.3, -0.25) is 0 Å². The molecule has 1 heteroatoms. The van der Waals surface area contributed by atoms with Gasteiger partial charge in [0.25, 0.3) is 0 Å². The van der Waals surface area contributed by atoms with E-state index in [1.54, 1.807) is 0 Å². The zero-order chi connectivity index (χ0) is 13.5. The topological polar surface area (TPSA) is 4.93 Å². The maximum Gasteiger partial charge on any atom is 0.0490 e. The number of aromatic nitrogens is 1. The standard InChI is InChI=1S/C18H23N/c1-18(2,3)19-16-12-8-7-11-15(16)13-17(19)14-9-5-4-6-10-14/h7-9,11-13H,4-6,10H2,1-3H3. The van der Waals surface area contributed by atoms with Crippen LogP contribution < -0.4 is 0 Å². The fourth-order valence-corrected chi connectivity index (χ4v) is 3.18. The highest BCUT2D eigenvalue weighted by Crippen LogP contribution is 2.35. The molecule has 1 aliphatic carbocycles. The molecule has 0 unspecified atom stereocenters. The van der Waals surface area contributed by atoms with Gasteiger partial charge in [-0.2, -0.15) is 0 Å². The van der Waals surface area contributed by atoms with Gasteiger partial charge in [0.15, 0.2) is 0 Å². The summed E-state index contributed by atoms with van der Waals surface area (Å²) in [5.41, 5.74) is 4.44. The van der Waals surface area contributed by atoms with Crippen molar-refractivity contribution in [1.82, 2.24) is 4.57 Å². The Morgan fingerprint density at radius 1 is 1.05 bits per heavy atom. The lowest BCUT2D eigenvalue weighted by atomic mass is 9.96. The van der Waals surface area contributed by atoms with Gasteiger partial charge in [0.2, 0.25) is 0 Å². The average Bonchev–Trinajstić information content (AvgIpc) is 2.79. The summed E-state index contributed by atoms with van der Waals surface area (Å²) in [5.74, 6) is 0. The second-order valence-corrected chi connectivity index (χ2v) is 6.57. The van der Waals surface area contributed by atoms with Crippen LogP contribution in [0.2, 0.25) is 0 Å². The van der Waals surface area contributed by atoms with Crippen molar-refractivity contribution in [3.8, 4) is 0 Å². The van der Waals surface area contributed by atoms with Crippen molar-refractivity contribution in [3.05, 3.63) is 42.1 Å². The van der Waals surface area contributed by atoms with Gasteiger partial charge in [-0.05, 0) is 64.2 Å². The molecule has 0 N–H and O–H groups in total. The molecule has 19 heavy (non-hydrogen) atoms. The highest BCUT2D eigenvalue weighted by atomic mass is 15.1. The van der Waals surface area contributed by atoms with Gasteiger partial charge in [-0.25, -0.2) is 0 Å². The lowest BCUT2D eigenvalue weighted by Crippen LogP contribution is -2.23. The average molecular weight is 253 g/mol. The van der Waals surface area contributed by atoms with Crippen molar-refractivity contribution in [1.29, 1.82) is 0 Å². The van der Waals surface area contributed by atoms with Crippen LogP contribution in [0.4, 0.5) is 0 Å². The van der Waals surface area contributed by atoms with E-state index in [4.69, 9.17) is 0 Å². The molecule has 0 saturated heterocycles. The van der Waals surface area contributed by atoms with E-state index in [9.17, 15) is 0 Å². The fraction of sp³-hybridized carbons (Fsp3) is 0.444. The largest absolute Gasteiger partial charge is 0.335 e. The van der Waals surface area contributed by atoms with Crippen LogP contribution in [0.15, 0.2) is 36.4 Å². The third-order valence-electron chi connectivity index (χ3n) is 4.00. The van der Waals surface area contributed by atoms with Crippen LogP contribution in [-0.4, -0.2) is 4.57 Å². The summed E-state index contributed by atoms with van der Waals surface area (Å²) < 4.78 is 2.51. The summed E-state index contributed by atoms with van der Waals surface area (Å²) in [4.78, 5) is 0. The molecule has 100 valence electrons. The van der Waals surface area contributed by atoms with Gasteiger partial charge < -0.3 is 4.57 Å². The van der Waals surface area contributed by atoms with Crippen LogP contribution in [-0.2, 0) is 5.54 Å². The number of rotatable bonds is 1. The molecule has 3 rings (SSSR count). The van der Waals surface area contributed by atoms with Crippen molar-refractivity contribution in [2.45, 2.75) is 52.0 Å².